The molecule has 2 heterocycles. The molecule has 0 aromatic carbocycles. The average Bonchev–Trinajstić information content (AvgIpc) is 2.91. The summed E-state index contributed by atoms with van der Waals surface area (Å²) in [4.78, 5) is 26.4. The summed E-state index contributed by atoms with van der Waals surface area (Å²) in [5.74, 6) is 0.859. The molecule has 6 heteroatoms. The standard InChI is InChI=1S/C16H27N3O2.ClH/c1-12(20)18-14-6-4-8-19(10-14)15(21)16-7-3-2-5-13(16)9-17-11-16;/h13-14,17H,2-11H2,1H3,(H,18,20);1H/t13-,14?,16+;/m0./s1. The monoisotopic (exact) mass is 329 g/mol. The third kappa shape index (κ3) is 3.25. The molecule has 2 saturated heterocycles. The Labute approximate surface area is 139 Å². The zero-order chi connectivity index (χ0) is 14.9. The summed E-state index contributed by atoms with van der Waals surface area (Å²) in [7, 11) is 0. The van der Waals surface area contributed by atoms with Gasteiger partial charge < -0.3 is 15.5 Å². The van der Waals surface area contributed by atoms with Gasteiger partial charge in [0.15, 0.2) is 0 Å². The summed E-state index contributed by atoms with van der Waals surface area (Å²) in [5.41, 5.74) is -0.156. The van der Waals surface area contributed by atoms with Crippen LogP contribution in [0.15, 0.2) is 0 Å². The van der Waals surface area contributed by atoms with Crippen LogP contribution in [-0.4, -0.2) is 48.9 Å². The number of piperidine rings is 1. The van der Waals surface area contributed by atoms with Crippen LogP contribution in [-0.2, 0) is 9.59 Å². The Bertz CT molecular complexity index is 432. The van der Waals surface area contributed by atoms with Gasteiger partial charge in [-0.15, -0.1) is 12.4 Å². The van der Waals surface area contributed by atoms with E-state index in [0.29, 0.717) is 18.4 Å². The number of nitrogens with one attached hydrogen (secondary N) is 2. The second-order valence-electron chi connectivity index (χ2n) is 7.02. The predicted molar refractivity (Wildman–Crippen MR) is 87.9 cm³/mol. The first-order valence-corrected chi connectivity index (χ1v) is 8.39. The van der Waals surface area contributed by atoms with Gasteiger partial charge in [0.25, 0.3) is 0 Å². The molecular weight excluding hydrogens is 302 g/mol. The highest BCUT2D eigenvalue weighted by Crippen LogP contribution is 2.45. The number of halogens is 1. The molecule has 22 heavy (non-hydrogen) atoms. The molecular formula is C16H28ClN3O2. The average molecular weight is 330 g/mol. The van der Waals surface area contributed by atoms with Crippen molar-refractivity contribution in [2.75, 3.05) is 26.2 Å². The minimum Gasteiger partial charge on any atom is -0.352 e. The van der Waals surface area contributed by atoms with Crippen LogP contribution in [0.1, 0.15) is 45.4 Å². The summed E-state index contributed by atoms with van der Waals surface area (Å²) < 4.78 is 0. The maximum atomic E-state index is 13.2. The van der Waals surface area contributed by atoms with Crippen LogP contribution in [0.5, 0.6) is 0 Å². The van der Waals surface area contributed by atoms with Gasteiger partial charge in [-0.3, -0.25) is 9.59 Å². The van der Waals surface area contributed by atoms with Crippen molar-refractivity contribution in [3.8, 4) is 0 Å². The molecule has 2 amide bonds. The van der Waals surface area contributed by atoms with Crippen molar-refractivity contribution in [3.63, 3.8) is 0 Å². The van der Waals surface area contributed by atoms with Gasteiger partial charge in [0.1, 0.15) is 0 Å². The minimum atomic E-state index is -0.156. The summed E-state index contributed by atoms with van der Waals surface area (Å²) in [6.07, 6.45) is 6.62. The van der Waals surface area contributed by atoms with Crippen molar-refractivity contribution in [1.29, 1.82) is 0 Å². The quantitative estimate of drug-likeness (QED) is 0.803. The van der Waals surface area contributed by atoms with Crippen LogP contribution in [0.2, 0.25) is 0 Å². The molecule has 0 aromatic rings. The number of nitrogens with zero attached hydrogens (tertiary/aromatic N) is 1. The number of hydrogen-bond acceptors (Lipinski definition) is 3. The van der Waals surface area contributed by atoms with Gasteiger partial charge in [-0.25, -0.2) is 0 Å². The highest BCUT2D eigenvalue weighted by molar-refractivity contribution is 5.85. The molecule has 0 spiro atoms. The number of amides is 2. The van der Waals surface area contributed by atoms with E-state index >= 15 is 0 Å². The third-order valence-corrected chi connectivity index (χ3v) is 5.58. The second-order valence-corrected chi connectivity index (χ2v) is 7.02. The Morgan fingerprint density at radius 2 is 2.05 bits per heavy atom. The topological polar surface area (TPSA) is 61.4 Å². The maximum absolute atomic E-state index is 13.2. The Morgan fingerprint density at radius 1 is 1.23 bits per heavy atom. The number of carbonyl (C=O) groups excluding carboxylic acids is 2. The number of likely N-dealkylation sites (tertiary alicyclic amines) is 1. The summed E-state index contributed by atoms with van der Waals surface area (Å²) in [6, 6.07) is 0.132. The van der Waals surface area contributed by atoms with Crippen LogP contribution in [0.4, 0.5) is 0 Å². The third-order valence-electron chi connectivity index (χ3n) is 5.58. The van der Waals surface area contributed by atoms with Crippen molar-refractivity contribution in [2.45, 2.75) is 51.5 Å². The summed E-state index contributed by atoms with van der Waals surface area (Å²) in [6.45, 7) is 4.93. The lowest BCUT2D eigenvalue weighted by atomic mass is 9.67. The van der Waals surface area contributed by atoms with Crippen molar-refractivity contribution >= 4 is 24.2 Å². The van der Waals surface area contributed by atoms with Crippen LogP contribution >= 0.6 is 12.4 Å². The van der Waals surface area contributed by atoms with Gasteiger partial charge in [-0.05, 0) is 38.1 Å². The van der Waals surface area contributed by atoms with Crippen LogP contribution in [0.3, 0.4) is 0 Å². The van der Waals surface area contributed by atoms with Gasteiger partial charge in [0.2, 0.25) is 11.8 Å². The first-order valence-electron chi connectivity index (χ1n) is 8.39. The summed E-state index contributed by atoms with van der Waals surface area (Å²) in [5, 5.41) is 6.43. The first kappa shape index (κ1) is 17.5. The van der Waals surface area contributed by atoms with E-state index in [9.17, 15) is 9.59 Å². The van der Waals surface area contributed by atoms with E-state index in [4.69, 9.17) is 0 Å². The van der Waals surface area contributed by atoms with Crippen molar-refractivity contribution in [3.05, 3.63) is 0 Å². The molecule has 1 aliphatic carbocycles. The molecule has 0 radical (unpaired) electrons. The largest absolute Gasteiger partial charge is 0.352 e. The van der Waals surface area contributed by atoms with E-state index in [1.54, 1.807) is 6.92 Å². The molecule has 2 aliphatic heterocycles. The molecule has 2 N–H and O–H groups in total. The summed E-state index contributed by atoms with van der Waals surface area (Å²) >= 11 is 0. The molecule has 1 unspecified atom stereocenters. The van der Waals surface area contributed by atoms with Crippen molar-refractivity contribution in [1.82, 2.24) is 15.5 Å². The Hall–Kier alpha value is -0.810. The Morgan fingerprint density at radius 3 is 2.82 bits per heavy atom. The number of rotatable bonds is 2. The zero-order valence-electron chi connectivity index (χ0n) is 13.4. The molecule has 1 saturated carbocycles. The van der Waals surface area contributed by atoms with Crippen LogP contribution < -0.4 is 10.6 Å². The van der Waals surface area contributed by atoms with Crippen molar-refractivity contribution < 1.29 is 9.59 Å². The lowest BCUT2D eigenvalue weighted by Crippen LogP contribution is -2.55. The highest BCUT2D eigenvalue weighted by atomic mass is 35.5. The molecule has 3 rings (SSSR count). The fourth-order valence-corrected chi connectivity index (χ4v) is 4.55. The molecule has 3 aliphatic rings. The lowest BCUT2D eigenvalue weighted by Gasteiger charge is -2.43. The predicted octanol–water partition coefficient (Wildman–Crippen LogP) is 1.32. The molecule has 5 nitrogen and oxygen atoms in total. The fraction of sp³-hybridized carbons (Fsp3) is 0.875. The van der Waals surface area contributed by atoms with Crippen LogP contribution in [0, 0.1) is 11.3 Å². The Balaban J connectivity index is 0.00000176. The molecule has 126 valence electrons. The van der Waals surface area contributed by atoms with E-state index in [0.717, 1.165) is 38.9 Å². The normalized spacial score (nSPS) is 34.5. The molecule has 0 aromatic heterocycles. The van der Waals surface area contributed by atoms with Crippen molar-refractivity contribution in [2.24, 2.45) is 11.3 Å². The van der Waals surface area contributed by atoms with Crippen LogP contribution in [0.25, 0.3) is 0 Å². The zero-order valence-corrected chi connectivity index (χ0v) is 14.2. The van der Waals surface area contributed by atoms with E-state index in [1.807, 2.05) is 4.90 Å². The highest BCUT2D eigenvalue weighted by Gasteiger charge is 2.51. The number of hydrogen-bond donors (Lipinski definition) is 2. The molecule has 3 atom stereocenters. The SMILES string of the molecule is CC(=O)NC1CCCN(C(=O)[C@@]23CCCC[C@H]2CNC3)C1.Cl. The Kier molecular flexibility index (Phi) is 5.72. The van der Waals surface area contributed by atoms with Gasteiger partial charge in [-0.1, -0.05) is 12.8 Å². The van der Waals surface area contributed by atoms with E-state index < -0.39 is 0 Å². The van der Waals surface area contributed by atoms with E-state index in [-0.39, 0.29) is 29.8 Å². The molecule has 3 fully saturated rings. The molecule has 0 bridgehead atoms. The van der Waals surface area contributed by atoms with Gasteiger partial charge in [0, 0.05) is 32.6 Å². The number of carbonyl (C=O) groups is 2. The fourth-order valence-electron chi connectivity index (χ4n) is 4.55. The lowest BCUT2D eigenvalue weighted by molar-refractivity contribution is -0.147. The van der Waals surface area contributed by atoms with Gasteiger partial charge in [0.05, 0.1) is 5.41 Å². The minimum absolute atomic E-state index is 0. The first-order chi connectivity index (χ1) is 10.1. The maximum Gasteiger partial charge on any atom is 0.230 e. The smallest absolute Gasteiger partial charge is 0.230 e. The van der Waals surface area contributed by atoms with Gasteiger partial charge in [-0.2, -0.15) is 0 Å². The number of fused-ring (bicyclic) bond motifs is 1. The van der Waals surface area contributed by atoms with E-state index in [2.05, 4.69) is 10.6 Å². The van der Waals surface area contributed by atoms with E-state index in [1.165, 1.54) is 19.3 Å². The second kappa shape index (κ2) is 7.18. The van der Waals surface area contributed by atoms with Gasteiger partial charge >= 0.3 is 0 Å².